The summed E-state index contributed by atoms with van der Waals surface area (Å²) in [4.78, 5) is 43.1. The second-order valence-corrected chi connectivity index (χ2v) is 10.4. The maximum atomic E-state index is 13.3. The molecule has 2 aromatic carbocycles. The van der Waals surface area contributed by atoms with Crippen molar-refractivity contribution in [3.05, 3.63) is 64.4 Å². The molecule has 3 saturated heterocycles. The number of ether oxygens (including phenoxy) is 1. The smallest absolute Gasteiger partial charge is 0.404 e. The summed E-state index contributed by atoms with van der Waals surface area (Å²) in [5.41, 5.74) is 0.849. The fourth-order valence-electron chi connectivity index (χ4n) is 5.50. The van der Waals surface area contributed by atoms with Gasteiger partial charge in [-0.05, 0) is 55.7 Å². The summed E-state index contributed by atoms with van der Waals surface area (Å²) in [6.07, 6.45) is -0.983. The van der Waals surface area contributed by atoms with E-state index in [-0.39, 0.29) is 35.1 Å². The number of hydrogen-bond donors (Lipinski definition) is 1. The summed E-state index contributed by atoms with van der Waals surface area (Å²) in [5.74, 6) is -2.02. The minimum Gasteiger partial charge on any atom is -0.404 e. The van der Waals surface area contributed by atoms with Gasteiger partial charge in [-0.15, -0.1) is 13.2 Å². The summed E-state index contributed by atoms with van der Waals surface area (Å²) >= 11 is 6.01. The van der Waals surface area contributed by atoms with Crippen LogP contribution in [0.25, 0.3) is 6.08 Å². The predicted molar refractivity (Wildman–Crippen MR) is 138 cm³/mol. The predicted octanol–water partition coefficient (Wildman–Crippen LogP) is 4.71. The number of halogens is 5. The van der Waals surface area contributed by atoms with Crippen LogP contribution in [-0.2, 0) is 16.1 Å². The second kappa shape index (κ2) is 10.7. The molecule has 0 saturated carbocycles. The molecule has 0 aliphatic carbocycles. The standard InChI is InChI=1S/C27H25ClF4N4O4/c1-15-25(38)36(26(39)33-15)22-11-21(28)23(40-27(30,31)32)10-17(22)4-9-24(37)35-19-7-8-20(35)14-34(13-19)12-16-2-5-18(29)6-3-16/h2-6,9-11,15,19-20H,7-8,12-14H2,1H3,(H,33,39). The number of rotatable bonds is 6. The van der Waals surface area contributed by atoms with E-state index in [9.17, 15) is 31.9 Å². The van der Waals surface area contributed by atoms with Gasteiger partial charge in [-0.2, -0.15) is 0 Å². The van der Waals surface area contributed by atoms with E-state index in [4.69, 9.17) is 11.6 Å². The number of likely N-dealkylation sites (tertiary alicyclic amines) is 1. The summed E-state index contributed by atoms with van der Waals surface area (Å²) in [6, 6.07) is 6.47. The lowest BCUT2D eigenvalue weighted by Crippen LogP contribution is -2.55. The molecular weight excluding hydrogens is 556 g/mol. The fraction of sp³-hybridized carbons (Fsp3) is 0.370. The molecule has 0 aromatic heterocycles. The first-order valence-electron chi connectivity index (χ1n) is 12.6. The summed E-state index contributed by atoms with van der Waals surface area (Å²) in [6.45, 7) is 3.31. The molecule has 3 fully saturated rings. The van der Waals surface area contributed by atoms with Crippen LogP contribution in [0.5, 0.6) is 5.75 Å². The van der Waals surface area contributed by atoms with Crippen molar-refractivity contribution < 1.29 is 36.7 Å². The van der Waals surface area contributed by atoms with Crippen LogP contribution < -0.4 is 15.0 Å². The first-order valence-corrected chi connectivity index (χ1v) is 13.0. The van der Waals surface area contributed by atoms with Crippen molar-refractivity contribution in [3.8, 4) is 5.75 Å². The van der Waals surface area contributed by atoms with Crippen molar-refractivity contribution in [2.45, 2.75) is 50.8 Å². The van der Waals surface area contributed by atoms with E-state index in [1.54, 1.807) is 17.0 Å². The molecule has 8 nitrogen and oxygen atoms in total. The van der Waals surface area contributed by atoms with Gasteiger partial charge >= 0.3 is 12.4 Å². The molecule has 212 valence electrons. The van der Waals surface area contributed by atoms with Crippen LogP contribution >= 0.6 is 11.6 Å². The van der Waals surface area contributed by atoms with Gasteiger partial charge in [0.1, 0.15) is 17.6 Å². The highest BCUT2D eigenvalue weighted by molar-refractivity contribution is 6.33. The topological polar surface area (TPSA) is 82.2 Å². The second-order valence-electron chi connectivity index (χ2n) is 10.0. The minimum atomic E-state index is -5.04. The van der Waals surface area contributed by atoms with Crippen LogP contribution in [0.4, 0.5) is 28.0 Å². The Kier molecular flexibility index (Phi) is 7.49. The van der Waals surface area contributed by atoms with E-state index in [0.29, 0.717) is 19.6 Å². The van der Waals surface area contributed by atoms with E-state index in [2.05, 4.69) is 15.0 Å². The minimum absolute atomic E-state index is 0.0307. The third kappa shape index (κ3) is 5.78. The number of piperazine rings is 1. The quantitative estimate of drug-likeness (QED) is 0.304. The number of benzene rings is 2. The number of nitrogens with one attached hydrogen (secondary N) is 1. The molecule has 13 heteroatoms. The van der Waals surface area contributed by atoms with E-state index in [1.165, 1.54) is 31.2 Å². The molecule has 2 aromatic rings. The van der Waals surface area contributed by atoms with Gasteiger partial charge in [0.05, 0.1) is 10.7 Å². The first-order chi connectivity index (χ1) is 18.9. The third-order valence-corrected chi connectivity index (χ3v) is 7.51. The highest BCUT2D eigenvalue weighted by atomic mass is 35.5. The van der Waals surface area contributed by atoms with Crippen molar-refractivity contribution in [1.82, 2.24) is 15.1 Å². The highest BCUT2D eigenvalue weighted by Crippen LogP contribution is 2.38. The summed E-state index contributed by atoms with van der Waals surface area (Å²) < 4.78 is 56.1. The number of amides is 4. The van der Waals surface area contributed by atoms with Crippen molar-refractivity contribution >= 4 is 41.2 Å². The van der Waals surface area contributed by atoms with Crippen LogP contribution in [0, 0.1) is 5.82 Å². The Bertz CT molecular complexity index is 1350. The Morgan fingerprint density at radius 1 is 1.12 bits per heavy atom. The average molecular weight is 581 g/mol. The van der Waals surface area contributed by atoms with E-state index in [1.807, 2.05) is 0 Å². The third-order valence-electron chi connectivity index (χ3n) is 7.22. The SMILES string of the molecule is CC1NC(=O)N(c2cc(Cl)c(OC(F)(F)F)cc2C=CC(=O)N2C3CCC2CN(Cc2ccc(F)cc2)C3)C1=O. The zero-order chi connectivity index (χ0) is 28.8. The van der Waals surface area contributed by atoms with Crippen LogP contribution in [0.2, 0.25) is 5.02 Å². The lowest BCUT2D eigenvalue weighted by molar-refractivity contribution is -0.274. The molecule has 3 unspecified atom stereocenters. The first kappa shape index (κ1) is 27.9. The number of hydrogen-bond acceptors (Lipinski definition) is 5. The molecule has 0 spiro atoms. The van der Waals surface area contributed by atoms with Gasteiger partial charge in [-0.25, -0.2) is 14.1 Å². The molecule has 4 amide bonds. The lowest BCUT2D eigenvalue weighted by Gasteiger charge is -2.40. The number of anilines is 1. The van der Waals surface area contributed by atoms with Crippen molar-refractivity contribution in [2.24, 2.45) is 0 Å². The summed E-state index contributed by atoms with van der Waals surface area (Å²) in [5, 5.41) is 1.97. The van der Waals surface area contributed by atoms with Crippen molar-refractivity contribution in [3.63, 3.8) is 0 Å². The Morgan fingerprint density at radius 3 is 2.35 bits per heavy atom. The number of imide groups is 1. The number of fused-ring (bicyclic) bond motifs is 2. The van der Waals surface area contributed by atoms with Crippen LogP contribution in [0.15, 0.2) is 42.5 Å². The number of urea groups is 1. The van der Waals surface area contributed by atoms with Gasteiger partial charge in [-0.1, -0.05) is 23.7 Å². The molecule has 3 aliphatic rings. The molecule has 0 radical (unpaired) electrons. The molecule has 3 heterocycles. The molecular formula is C27H25ClF4N4O4. The number of carbonyl (C=O) groups excluding carboxylic acids is 3. The Morgan fingerprint density at radius 2 is 1.77 bits per heavy atom. The molecule has 3 atom stereocenters. The Balaban J connectivity index is 1.37. The number of carbonyl (C=O) groups is 3. The van der Waals surface area contributed by atoms with Crippen molar-refractivity contribution in [1.29, 1.82) is 0 Å². The van der Waals surface area contributed by atoms with Crippen molar-refractivity contribution in [2.75, 3.05) is 18.0 Å². The Labute approximate surface area is 232 Å². The van der Waals surface area contributed by atoms with Gasteiger partial charge in [0, 0.05) is 43.4 Å². The van der Waals surface area contributed by atoms with Crippen LogP contribution in [-0.4, -0.2) is 65.2 Å². The van der Waals surface area contributed by atoms with Gasteiger partial charge in [0.25, 0.3) is 5.91 Å². The molecule has 3 aliphatic heterocycles. The molecule has 1 N–H and O–H groups in total. The molecule has 5 rings (SSSR count). The highest BCUT2D eigenvalue weighted by Gasteiger charge is 2.42. The average Bonchev–Trinajstić information content (AvgIpc) is 3.29. The maximum Gasteiger partial charge on any atom is 0.573 e. The zero-order valence-corrected chi connectivity index (χ0v) is 22.0. The van der Waals surface area contributed by atoms with Gasteiger partial charge in [0.2, 0.25) is 5.91 Å². The maximum absolute atomic E-state index is 13.3. The van der Waals surface area contributed by atoms with Gasteiger partial charge < -0.3 is 15.0 Å². The fourth-order valence-corrected chi connectivity index (χ4v) is 5.69. The van der Waals surface area contributed by atoms with Crippen LogP contribution in [0.1, 0.15) is 30.9 Å². The molecule has 40 heavy (non-hydrogen) atoms. The molecule has 2 bridgehead atoms. The van der Waals surface area contributed by atoms with Gasteiger partial charge in [0.15, 0.2) is 0 Å². The largest absolute Gasteiger partial charge is 0.573 e. The number of alkyl halides is 3. The van der Waals surface area contributed by atoms with Crippen LogP contribution in [0.3, 0.4) is 0 Å². The number of nitrogens with zero attached hydrogens (tertiary/aromatic N) is 3. The summed E-state index contributed by atoms with van der Waals surface area (Å²) in [7, 11) is 0. The zero-order valence-electron chi connectivity index (χ0n) is 21.3. The van der Waals surface area contributed by atoms with Gasteiger partial charge in [-0.3, -0.25) is 14.5 Å². The normalized spacial score (nSPS) is 23.3. The Hall–Kier alpha value is -3.64. The van der Waals surface area contributed by atoms with E-state index >= 15 is 0 Å². The monoisotopic (exact) mass is 580 g/mol. The lowest BCUT2D eigenvalue weighted by atomic mass is 10.1. The van der Waals surface area contributed by atoms with E-state index < -0.39 is 35.1 Å². The van der Waals surface area contributed by atoms with E-state index in [0.717, 1.165) is 35.4 Å².